The van der Waals surface area contributed by atoms with Crippen molar-refractivity contribution in [3.63, 3.8) is 0 Å². The van der Waals surface area contributed by atoms with Gasteiger partial charge in [0.25, 0.3) is 0 Å². The Labute approximate surface area is 169 Å². The Morgan fingerprint density at radius 1 is 1.11 bits per heavy atom. The highest BCUT2D eigenvalue weighted by Crippen LogP contribution is 2.30. The molecule has 0 aliphatic rings. The summed E-state index contributed by atoms with van der Waals surface area (Å²) in [5.41, 5.74) is 3.86. The summed E-state index contributed by atoms with van der Waals surface area (Å²) in [5, 5.41) is 4.92. The van der Waals surface area contributed by atoms with Crippen LogP contribution in [0, 0.1) is 6.92 Å². The van der Waals surface area contributed by atoms with Crippen molar-refractivity contribution in [2.75, 3.05) is 25.3 Å². The van der Waals surface area contributed by atoms with Crippen LogP contribution in [0.2, 0.25) is 0 Å². The maximum Gasteiger partial charge on any atom is 0.234 e. The summed E-state index contributed by atoms with van der Waals surface area (Å²) in [6.07, 6.45) is 0.866. The number of pyridine rings is 1. The normalized spacial score (nSPS) is 10.7. The highest BCUT2D eigenvalue weighted by Gasteiger charge is 2.12. The molecule has 0 aliphatic carbocycles. The second-order valence-electron chi connectivity index (χ2n) is 6.41. The van der Waals surface area contributed by atoms with Gasteiger partial charge in [-0.25, -0.2) is 4.98 Å². The first-order chi connectivity index (χ1) is 13.5. The fourth-order valence-corrected chi connectivity index (χ4v) is 3.80. The van der Waals surface area contributed by atoms with Crippen LogP contribution in [0.1, 0.15) is 18.1 Å². The van der Waals surface area contributed by atoms with Crippen LogP contribution in [-0.2, 0) is 11.2 Å². The van der Waals surface area contributed by atoms with Crippen molar-refractivity contribution in [2.24, 2.45) is 0 Å². The lowest BCUT2D eigenvalue weighted by Crippen LogP contribution is -2.15. The van der Waals surface area contributed by atoms with Crippen LogP contribution in [0.3, 0.4) is 0 Å². The standard InChI is InChI=1S/C22H24N2O3S/c1-5-15-11-16-7-6-14(2)10-18(16)24-22(15)28-13-21(25)23-19-12-17(26-3)8-9-20(19)27-4/h6-12H,5,13H2,1-4H3,(H,23,25). The molecule has 3 aromatic rings. The Hall–Kier alpha value is -2.73. The molecule has 2 aromatic carbocycles. The van der Waals surface area contributed by atoms with Crippen molar-refractivity contribution in [2.45, 2.75) is 25.3 Å². The van der Waals surface area contributed by atoms with Crippen molar-refractivity contribution in [1.82, 2.24) is 4.98 Å². The number of fused-ring (bicyclic) bond motifs is 1. The predicted octanol–water partition coefficient (Wildman–Crippen LogP) is 4.85. The Morgan fingerprint density at radius 3 is 2.64 bits per heavy atom. The van der Waals surface area contributed by atoms with Gasteiger partial charge in [0.1, 0.15) is 16.5 Å². The third-order valence-corrected chi connectivity index (χ3v) is 5.45. The van der Waals surface area contributed by atoms with E-state index in [0.29, 0.717) is 17.2 Å². The third kappa shape index (κ3) is 4.57. The highest BCUT2D eigenvalue weighted by atomic mass is 32.2. The van der Waals surface area contributed by atoms with E-state index < -0.39 is 0 Å². The Balaban J connectivity index is 1.76. The summed E-state index contributed by atoms with van der Waals surface area (Å²) in [4.78, 5) is 17.3. The van der Waals surface area contributed by atoms with Gasteiger partial charge in [-0.3, -0.25) is 4.79 Å². The number of aromatic nitrogens is 1. The van der Waals surface area contributed by atoms with E-state index in [-0.39, 0.29) is 11.7 Å². The van der Waals surface area contributed by atoms with E-state index in [1.165, 1.54) is 17.3 Å². The minimum atomic E-state index is -0.121. The fraction of sp³-hybridized carbons (Fsp3) is 0.273. The number of aryl methyl sites for hydroxylation is 2. The molecule has 5 nitrogen and oxygen atoms in total. The van der Waals surface area contributed by atoms with Crippen molar-refractivity contribution < 1.29 is 14.3 Å². The minimum Gasteiger partial charge on any atom is -0.497 e. The first-order valence-electron chi connectivity index (χ1n) is 9.09. The number of rotatable bonds is 7. The zero-order valence-corrected chi connectivity index (χ0v) is 17.4. The molecule has 0 fully saturated rings. The van der Waals surface area contributed by atoms with E-state index in [4.69, 9.17) is 14.5 Å². The zero-order valence-electron chi connectivity index (χ0n) is 16.5. The molecule has 146 valence electrons. The molecule has 3 rings (SSSR count). The van der Waals surface area contributed by atoms with E-state index in [1.54, 1.807) is 32.4 Å². The van der Waals surface area contributed by atoms with Gasteiger partial charge in [-0.2, -0.15) is 0 Å². The van der Waals surface area contributed by atoms with Gasteiger partial charge < -0.3 is 14.8 Å². The molecule has 0 bridgehead atoms. The van der Waals surface area contributed by atoms with E-state index >= 15 is 0 Å². The van der Waals surface area contributed by atoms with Gasteiger partial charge in [-0.05, 0) is 48.7 Å². The van der Waals surface area contributed by atoms with Crippen LogP contribution in [0.15, 0.2) is 47.5 Å². The summed E-state index contributed by atoms with van der Waals surface area (Å²) in [6, 6.07) is 13.7. The number of anilines is 1. The number of methoxy groups -OCH3 is 2. The van der Waals surface area contributed by atoms with Gasteiger partial charge >= 0.3 is 0 Å². The number of carbonyl (C=O) groups excluding carboxylic acids is 1. The van der Waals surface area contributed by atoms with Gasteiger partial charge in [-0.15, -0.1) is 0 Å². The first-order valence-corrected chi connectivity index (χ1v) is 10.1. The van der Waals surface area contributed by atoms with E-state index in [9.17, 15) is 4.79 Å². The lowest BCUT2D eigenvalue weighted by molar-refractivity contribution is -0.113. The zero-order chi connectivity index (χ0) is 20.1. The monoisotopic (exact) mass is 396 g/mol. The first kappa shape index (κ1) is 20.0. The molecular weight excluding hydrogens is 372 g/mol. The van der Waals surface area contributed by atoms with Gasteiger partial charge in [0.05, 0.1) is 31.2 Å². The molecule has 0 saturated carbocycles. The number of benzene rings is 2. The summed E-state index contributed by atoms with van der Waals surface area (Å²) >= 11 is 1.45. The number of nitrogens with one attached hydrogen (secondary N) is 1. The molecule has 28 heavy (non-hydrogen) atoms. The predicted molar refractivity (Wildman–Crippen MR) is 115 cm³/mol. The SMILES string of the molecule is CCc1cc2ccc(C)cc2nc1SCC(=O)Nc1cc(OC)ccc1OC. The maximum absolute atomic E-state index is 12.5. The number of ether oxygens (including phenoxy) is 2. The molecule has 0 radical (unpaired) electrons. The summed E-state index contributed by atoms with van der Waals surface area (Å²) < 4.78 is 10.5. The number of hydrogen-bond donors (Lipinski definition) is 1. The average molecular weight is 397 g/mol. The molecule has 0 unspecified atom stereocenters. The molecule has 0 saturated heterocycles. The minimum absolute atomic E-state index is 0.121. The van der Waals surface area contributed by atoms with Crippen LogP contribution >= 0.6 is 11.8 Å². The second kappa shape index (κ2) is 8.97. The Morgan fingerprint density at radius 2 is 1.93 bits per heavy atom. The van der Waals surface area contributed by atoms with Gasteiger partial charge in [0, 0.05) is 11.5 Å². The Bertz CT molecular complexity index is 1000. The fourth-order valence-electron chi connectivity index (χ4n) is 2.91. The van der Waals surface area contributed by atoms with Crippen molar-refractivity contribution in [1.29, 1.82) is 0 Å². The number of hydrogen-bond acceptors (Lipinski definition) is 5. The highest BCUT2D eigenvalue weighted by molar-refractivity contribution is 8.00. The largest absolute Gasteiger partial charge is 0.497 e. The van der Waals surface area contributed by atoms with Crippen LogP contribution in [-0.4, -0.2) is 30.9 Å². The number of nitrogens with zero attached hydrogens (tertiary/aromatic N) is 1. The number of amides is 1. The molecule has 1 heterocycles. The Kier molecular flexibility index (Phi) is 6.41. The molecule has 0 atom stereocenters. The molecule has 1 amide bonds. The molecule has 6 heteroatoms. The van der Waals surface area contributed by atoms with Crippen molar-refractivity contribution in [3.8, 4) is 11.5 Å². The average Bonchev–Trinajstić information content (AvgIpc) is 2.71. The lowest BCUT2D eigenvalue weighted by Gasteiger charge is -2.12. The molecule has 1 N–H and O–H groups in total. The topological polar surface area (TPSA) is 60.5 Å². The lowest BCUT2D eigenvalue weighted by atomic mass is 10.1. The van der Waals surface area contributed by atoms with Crippen LogP contribution < -0.4 is 14.8 Å². The summed E-state index contributed by atoms with van der Waals surface area (Å²) in [7, 11) is 3.16. The van der Waals surface area contributed by atoms with Crippen molar-refractivity contribution >= 4 is 34.3 Å². The van der Waals surface area contributed by atoms with Gasteiger partial charge in [-0.1, -0.05) is 30.8 Å². The molecule has 0 spiro atoms. The third-order valence-electron chi connectivity index (χ3n) is 4.41. The van der Waals surface area contributed by atoms with Gasteiger partial charge in [0.15, 0.2) is 0 Å². The van der Waals surface area contributed by atoms with E-state index in [2.05, 4.69) is 43.4 Å². The second-order valence-corrected chi connectivity index (χ2v) is 7.37. The summed E-state index contributed by atoms with van der Waals surface area (Å²) in [6.45, 7) is 4.15. The number of carbonyl (C=O) groups is 1. The smallest absolute Gasteiger partial charge is 0.234 e. The van der Waals surface area contributed by atoms with E-state index in [1.807, 2.05) is 0 Å². The molecule has 0 aliphatic heterocycles. The van der Waals surface area contributed by atoms with Crippen LogP contribution in [0.25, 0.3) is 10.9 Å². The molecule has 1 aromatic heterocycles. The quantitative estimate of drug-likeness (QED) is 0.578. The van der Waals surface area contributed by atoms with Gasteiger partial charge in [0.2, 0.25) is 5.91 Å². The summed E-state index contributed by atoms with van der Waals surface area (Å²) in [5.74, 6) is 1.39. The van der Waals surface area contributed by atoms with Crippen LogP contribution in [0.4, 0.5) is 5.69 Å². The van der Waals surface area contributed by atoms with Crippen LogP contribution in [0.5, 0.6) is 11.5 Å². The van der Waals surface area contributed by atoms with E-state index in [0.717, 1.165) is 27.9 Å². The maximum atomic E-state index is 12.5. The molecular formula is C22H24N2O3S. The number of thioether (sulfide) groups is 1. The van der Waals surface area contributed by atoms with Crippen molar-refractivity contribution in [3.05, 3.63) is 53.6 Å².